The van der Waals surface area contributed by atoms with E-state index in [1.54, 1.807) is 11.1 Å². The van der Waals surface area contributed by atoms with Crippen molar-refractivity contribution in [1.29, 1.82) is 0 Å². The summed E-state index contributed by atoms with van der Waals surface area (Å²) in [6, 6.07) is 9.42. The molecule has 0 N–H and O–H groups in total. The Hall–Kier alpha value is -3.09. The first-order valence-corrected chi connectivity index (χ1v) is 8.29. The lowest BCUT2D eigenvalue weighted by Crippen LogP contribution is -2.39. The molecule has 4 rings (SSSR count). The van der Waals surface area contributed by atoms with E-state index in [0.29, 0.717) is 24.0 Å². The van der Waals surface area contributed by atoms with Crippen molar-refractivity contribution < 1.29 is 9.32 Å². The Morgan fingerprint density at radius 1 is 1.16 bits per heavy atom. The Labute approximate surface area is 144 Å². The van der Waals surface area contributed by atoms with Crippen molar-refractivity contribution in [2.45, 2.75) is 25.3 Å². The lowest BCUT2D eigenvalue weighted by Gasteiger charge is -2.33. The standard InChI is InChI=1S/C18H17N5O2/c24-18(14-12-19-9-10-20-14)23-11-5-4-8-15(23)17-21-16(22-25-17)13-6-2-1-3-7-13/h1-3,6-7,9-10,12,15H,4-5,8,11H2. The predicted molar refractivity (Wildman–Crippen MR) is 89.4 cm³/mol. The highest BCUT2D eigenvalue weighted by molar-refractivity contribution is 5.92. The number of benzene rings is 1. The van der Waals surface area contributed by atoms with Gasteiger partial charge in [0.05, 0.1) is 6.20 Å². The van der Waals surface area contributed by atoms with Crippen LogP contribution >= 0.6 is 0 Å². The van der Waals surface area contributed by atoms with E-state index in [2.05, 4.69) is 20.1 Å². The number of aromatic nitrogens is 4. The van der Waals surface area contributed by atoms with Gasteiger partial charge in [0, 0.05) is 24.5 Å². The quantitative estimate of drug-likeness (QED) is 0.731. The number of piperidine rings is 1. The summed E-state index contributed by atoms with van der Waals surface area (Å²) in [4.78, 5) is 27.2. The van der Waals surface area contributed by atoms with Crippen LogP contribution in [0.1, 0.15) is 41.7 Å². The summed E-state index contributed by atoms with van der Waals surface area (Å²) in [6.07, 6.45) is 7.31. The molecule has 0 bridgehead atoms. The minimum Gasteiger partial charge on any atom is -0.337 e. The Kier molecular flexibility index (Phi) is 4.20. The predicted octanol–water partition coefficient (Wildman–Crippen LogP) is 2.89. The van der Waals surface area contributed by atoms with E-state index < -0.39 is 0 Å². The van der Waals surface area contributed by atoms with E-state index in [1.165, 1.54) is 12.4 Å². The van der Waals surface area contributed by atoms with Gasteiger partial charge < -0.3 is 9.42 Å². The van der Waals surface area contributed by atoms with Crippen LogP contribution in [0, 0.1) is 0 Å². The van der Waals surface area contributed by atoms with Gasteiger partial charge in [-0.15, -0.1) is 0 Å². The third kappa shape index (κ3) is 3.13. The zero-order valence-corrected chi connectivity index (χ0v) is 13.6. The molecule has 3 heterocycles. The Morgan fingerprint density at radius 3 is 2.84 bits per heavy atom. The van der Waals surface area contributed by atoms with Gasteiger partial charge in [-0.1, -0.05) is 35.5 Å². The van der Waals surface area contributed by atoms with Crippen LogP contribution in [-0.4, -0.2) is 37.5 Å². The zero-order chi connectivity index (χ0) is 17.1. The van der Waals surface area contributed by atoms with Crippen LogP contribution in [0.4, 0.5) is 0 Å². The van der Waals surface area contributed by atoms with Gasteiger partial charge in [0.2, 0.25) is 11.7 Å². The van der Waals surface area contributed by atoms with Gasteiger partial charge >= 0.3 is 0 Å². The molecule has 2 aromatic heterocycles. The summed E-state index contributed by atoms with van der Waals surface area (Å²) in [6.45, 7) is 0.642. The molecule has 0 spiro atoms. The number of amides is 1. The van der Waals surface area contributed by atoms with E-state index >= 15 is 0 Å². The summed E-state index contributed by atoms with van der Waals surface area (Å²) in [5, 5.41) is 4.08. The van der Waals surface area contributed by atoms with Crippen LogP contribution in [0.3, 0.4) is 0 Å². The van der Waals surface area contributed by atoms with Gasteiger partial charge in [-0.2, -0.15) is 4.98 Å². The van der Waals surface area contributed by atoms with Crippen molar-refractivity contribution in [2.75, 3.05) is 6.54 Å². The molecule has 7 nitrogen and oxygen atoms in total. The lowest BCUT2D eigenvalue weighted by molar-refractivity contribution is 0.0555. The highest BCUT2D eigenvalue weighted by atomic mass is 16.5. The Bertz CT molecular complexity index is 850. The molecule has 1 atom stereocenters. The maximum Gasteiger partial charge on any atom is 0.274 e. The molecular formula is C18H17N5O2. The number of hydrogen-bond donors (Lipinski definition) is 0. The number of nitrogens with zero attached hydrogens (tertiary/aromatic N) is 5. The van der Waals surface area contributed by atoms with Crippen LogP contribution in [0.5, 0.6) is 0 Å². The number of carbonyl (C=O) groups excluding carboxylic acids is 1. The fourth-order valence-corrected chi connectivity index (χ4v) is 3.06. The van der Waals surface area contributed by atoms with Crippen LogP contribution in [0.2, 0.25) is 0 Å². The summed E-state index contributed by atoms with van der Waals surface area (Å²) in [7, 11) is 0. The summed E-state index contributed by atoms with van der Waals surface area (Å²) >= 11 is 0. The molecule has 0 aliphatic carbocycles. The van der Waals surface area contributed by atoms with Gasteiger partial charge in [-0.05, 0) is 19.3 Å². The fourth-order valence-electron chi connectivity index (χ4n) is 3.06. The van der Waals surface area contributed by atoms with Crippen molar-refractivity contribution in [3.63, 3.8) is 0 Å². The Balaban J connectivity index is 1.62. The molecule has 126 valence electrons. The molecule has 7 heteroatoms. The van der Waals surface area contributed by atoms with E-state index in [1.807, 2.05) is 30.3 Å². The molecule has 1 aliphatic rings. The monoisotopic (exact) mass is 335 g/mol. The number of carbonyl (C=O) groups is 1. The topological polar surface area (TPSA) is 85.0 Å². The summed E-state index contributed by atoms with van der Waals surface area (Å²) < 4.78 is 5.48. The molecule has 1 fully saturated rings. The van der Waals surface area contributed by atoms with Crippen molar-refractivity contribution in [1.82, 2.24) is 25.0 Å². The summed E-state index contributed by atoms with van der Waals surface area (Å²) in [5.74, 6) is 0.848. The third-order valence-corrected chi connectivity index (χ3v) is 4.30. The van der Waals surface area contributed by atoms with E-state index in [0.717, 1.165) is 24.8 Å². The van der Waals surface area contributed by atoms with Crippen molar-refractivity contribution in [3.05, 3.63) is 60.5 Å². The highest BCUT2D eigenvalue weighted by Gasteiger charge is 2.33. The minimum atomic E-state index is -0.229. The maximum absolute atomic E-state index is 12.8. The largest absolute Gasteiger partial charge is 0.337 e. The minimum absolute atomic E-state index is 0.155. The average Bonchev–Trinajstić information content (AvgIpc) is 3.19. The van der Waals surface area contributed by atoms with Crippen LogP contribution in [0.15, 0.2) is 53.4 Å². The normalized spacial score (nSPS) is 17.4. The van der Waals surface area contributed by atoms with Gasteiger partial charge in [-0.3, -0.25) is 9.78 Å². The summed E-state index contributed by atoms with van der Waals surface area (Å²) in [5.41, 5.74) is 1.22. The first-order chi connectivity index (χ1) is 12.3. The van der Waals surface area contributed by atoms with Crippen LogP contribution < -0.4 is 0 Å². The fraction of sp³-hybridized carbons (Fsp3) is 0.278. The first kappa shape index (κ1) is 15.4. The van der Waals surface area contributed by atoms with Gasteiger partial charge in [0.1, 0.15) is 11.7 Å². The average molecular weight is 335 g/mol. The maximum atomic E-state index is 12.8. The van der Waals surface area contributed by atoms with Crippen LogP contribution in [0.25, 0.3) is 11.4 Å². The van der Waals surface area contributed by atoms with Gasteiger partial charge in [0.15, 0.2) is 0 Å². The first-order valence-electron chi connectivity index (χ1n) is 8.29. The highest BCUT2D eigenvalue weighted by Crippen LogP contribution is 2.32. The molecule has 1 unspecified atom stereocenters. The molecule has 1 aliphatic heterocycles. The van der Waals surface area contributed by atoms with Gasteiger partial charge in [0.25, 0.3) is 5.91 Å². The molecular weight excluding hydrogens is 318 g/mol. The van der Waals surface area contributed by atoms with Crippen molar-refractivity contribution >= 4 is 5.91 Å². The van der Waals surface area contributed by atoms with Crippen molar-refractivity contribution in [3.8, 4) is 11.4 Å². The molecule has 0 saturated carbocycles. The second-order valence-electron chi connectivity index (χ2n) is 5.92. The second-order valence-corrected chi connectivity index (χ2v) is 5.92. The molecule has 3 aromatic rings. The number of rotatable bonds is 3. The number of hydrogen-bond acceptors (Lipinski definition) is 6. The van der Waals surface area contributed by atoms with E-state index in [-0.39, 0.29) is 11.9 Å². The molecule has 1 aromatic carbocycles. The van der Waals surface area contributed by atoms with E-state index in [4.69, 9.17) is 4.52 Å². The molecule has 1 saturated heterocycles. The smallest absolute Gasteiger partial charge is 0.274 e. The molecule has 0 radical (unpaired) electrons. The molecule has 25 heavy (non-hydrogen) atoms. The number of likely N-dealkylation sites (tertiary alicyclic amines) is 1. The van der Waals surface area contributed by atoms with Crippen molar-refractivity contribution in [2.24, 2.45) is 0 Å². The van der Waals surface area contributed by atoms with Crippen LogP contribution in [-0.2, 0) is 0 Å². The third-order valence-electron chi connectivity index (χ3n) is 4.30. The van der Waals surface area contributed by atoms with Gasteiger partial charge in [-0.25, -0.2) is 4.98 Å². The Morgan fingerprint density at radius 2 is 2.04 bits per heavy atom. The second kappa shape index (κ2) is 6.80. The zero-order valence-electron chi connectivity index (χ0n) is 13.6. The van der Waals surface area contributed by atoms with E-state index in [9.17, 15) is 4.79 Å². The molecule has 1 amide bonds. The lowest BCUT2D eigenvalue weighted by atomic mass is 10.0. The SMILES string of the molecule is O=C(c1cnccn1)N1CCCCC1c1nc(-c2ccccc2)no1.